The van der Waals surface area contributed by atoms with Gasteiger partial charge in [0.05, 0.1) is 18.9 Å². The first-order valence-corrected chi connectivity index (χ1v) is 3.52. The summed E-state index contributed by atoms with van der Waals surface area (Å²) in [6.07, 6.45) is 1.49. The molecule has 1 heterocycles. The number of hydrogen-bond acceptors (Lipinski definition) is 4. The molecule has 0 aliphatic rings. The van der Waals surface area contributed by atoms with Crippen LogP contribution in [0.2, 0.25) is 0 Å². The van der Waals surface area contributed by atoms with Gasteiger partial charge in [0.15, 0.2) is 0 Å². The molecule has 0 atom stereocenters. The molecule has 1 aromatic rings. The second-order valence-corrected chi connectivity index (χ2v) is 2.31. The molecule has 2 N–H and O–H groups in total. The fourth-order valence-electron chi connectivity index (χ4n) is 0.713. The SMILES string of the molecule is COC(=O)C#Cc1cnn(C)c1N. The molecule has 68 valence electrons. The number of ether oxygens (including phenoxy) is 1. The van der Waals surface area contributed by atoms with Gasteiger partial charge in [-0.1, -0.05) is 0 Å². The number of nitrogens with zero attached hydrogens (tertiary/aromatic N) is 2. The molecule has 0 saturated carbocycles. The average molecular weight is 179 g/mol. The number of rotatable bonds is 0. The van der Waals surface area contributed by atoms with Crippen molar-refractivity contribution in [3.63, 3.8) is 0 Å². The number of aryl methyl sites for hydroxylation is 1. The highest BCUT2D eigenvalue weighted by atomic mass is 16.5. The lowest BCUT2D eigenvalue weighted by atomic mass is 10.3. The Hall–Kier alpha value is -1.96. The minimum atomic E-state index is -0.594. The van der Waals surface area contributed by atoms with Crippen LogP contribution in [0.3, 0.4) is 0 Å². The molecule has 1 rings (SSSR count). The van der Waals surface area contributed by atoms with E-state index in [9.17, 15) is 4.79 Å². The third-order valence-electron chi connectivity index (χ3n) is 1.47. The van der Waals surface area contributed by atoms with Crippen LogP contribution in [-0.4, -0.2) is 22.9 Å². The molecule has 5 heteroatoms. The summed E-state index contributed by atoms with van der Waals surface area (Å²) in [6.45, 7) is 0. The smallest absolute Gasteiger partial charge is 0.384 e. The number of carbonyl (C=O) groups is 1. The van der Waals surface area contributed by atoms with E-state index in [2.05, 4.69) is 21.7 Å². The van der Waals surface area contributed by atoms with Gasteiger partial charge in [-0.05, 0) is 5.92 Å². The van der Waals surface area contributed by atoms with Crippen molar-refractivity contribution in [1.82, 2.24) is 9.78 Å². The maximum atomic E-state index is 10.6. The van der Waals surface area contributed by atoms with Crippen LogP contribution in [0.1, 0.15) is 5.56 Å². The highest BCUT2D eigenvalue weighted by Crippen LogP contribution is 2.06. The standard InChI is InChI=1S/C8H9N3O2/c1-11-8(9)6(5-10-11)3-4-7(12)13-2/h5H,9H2,1-2H3. The molecule has 0 radical (unpaired) electrons. The van der Waals surface area contributed by atoms with E-state index in [1.54, 1.807) is 7.05 Å². The Morgan fingerprint density at radius 2 is 2.46 bits per heavy atom. The number of esters is 1. The van der Waals surface area contributed by atoms with Gasteiger partial charge < -0.3 is 10.5 Å². The van der Waals surface area contributed by atoms with Crippen molar-refractivity contribution < 1.29 is 9.53 Å². The predicted octanol–water partition coefficient (Wildman–Crippen LogP) is -0.473. The van der Waals surface area contributed by atoms with E-state index in [0.717, 1.165) is 0 Å². The lowest BCUT2D eigenvalue weighted by Crippen LogP contribution is -1.98. The maximum Gasteiger partial charge on any atom is 0.384 e. The molecule has 13 heavy (non-hydrogen) atoms. The fourth-order valence-corrected chi connectivity index (χ4v) is 0.713. The van der Waals surface area contributed by atoms with Crippen molar-refractivity contribution in [3.8, 4) is 11.8 Å². The summed E-state index contributed by atoms with van der Waals surface area (Å²) in [4.78, 5) is 10.6. The molecule has 0 fully saturated rings. The Kier molecular flexibility index (Phi) is 2.55. The van der Waals surface area contributed by atoms with E-state index < -0.39 is 5.97 Å². The van der Waals surface area contributed by atoms with E-state index in [4.69, 9.17) is 5.73 Å². The monoisotopic (exact) mass is 179 g/mol. The van der Waals surface area contributed by atoms with Gasteiger partial charge in [-0.2, -0.15) is 5.10 Å². The summed E-state index contributed by atoms with van der Waals surface area (Å²) in [5.74, 6) is 4.64. The van der Waals surface area contributed by atoms with E-state index >= 15 is 0 Å². The lowest BCUT2D eigenvalue weighted by Gasteiger charge is -1.91. The van der Waals surface area contributed by atoms with Gasteiger partial charge in [0.1, 0.15) is 5.82 Å². The molecule has 0 aliphatic carbocycles. The van der Waals surface area contributed by atoms with Gasteiger partial charge in [-0.15, -0.1) is 0 Å². The van der Waals surface area contributed by atoms with E-state index in [1.165, 1.54) is 18.0 Å². The van der Waals surface area contributed by atoms with Gasteiger partial charge in [-0.3, -0.25) is 4.68 Å². The number of hydrogen-bond donors (Lipinski definition) is 1. The highest BCUT2D eigenvalue weighted by molar-refractivity contribution is 5.89. The van der Waals surface area contributed by atoms with Gasteiger partial charge in [-0.25, -0.2) is 4.79 Å². The van der Waals surface area contributed by atoms with Crippen LogP contribution in [0.15, 0.2) is 6.20 Å². The Morgan fingerprint density at radius 3 is 2.92 bits per heavy atom. The van der Waals surface area contributed by atoms with Crippen molar-refractivity contribution in [2.75, 3.05) is 12.8 Å². The van der Waals surface area contributed by atoms with Crippen LogP contribution in [0, 0.1) is 11.8 Å². The molecule has 0 bridgehead atoms. The van der Waals surface area contributed by atoms with Gasteiger partial charge in [0.2, 0.25) is 0 Å². The van der Waals surface area contributed by atoms with Crippen molar-refractivity contribution in [2.45, 2.75) is 0 Å². The molecule has 0 amide bonds. The van der Waals surface area contributed by atoms with Crippen LogP contribution in [0.4, 0.5) is 5.82 Å². The summed E-state index contributed by atoms with van der Waals surface area (Å²) in [6, 6.07) is 0. The number of nitrogens with two attached hydrogens (primary N) is 1. The summed E-state index contributed by atoms with van der Waals surface area (Å²) in [7, 11) is 2.96. The van der Waals surface area contributed by atoms with Crippen LogP contribution in [0.25, 0.3) is 0 Å². The van der Waals surface area contributed by atoms with E-state index in [-0.39, 0.29) is 0 Å². The number of nitrogen functional groups attached to an aromatic ring is 1. The molecule has 0 unspecified atom stereocenters. The largest absolute Gasteiger partial charge is 0.459 e. The quantitative estimate of drug-likeness (QED) is 0.431. The summed E-state index contributed by atoms with van der Waals surface area (Å²) in [5, 5.41) is 3.86. The first-order chi connectivity index (χ1) is 6.15. The first-order valence-electron chi connectivity index (χ1n) is 3.52. The molecule has 0 aliphatic heterocycles. The molecule has 0 saturated heterocycles. The van der Waals surface area contributed by atoms with Gasteiger partial charge in [0, 0.05) is 13.0 Å². The third kappa shape index (κ3) is 1.99. The molecule has 0 spiro atoms. The Morgan fingerprint density at radius 1 is 1.77 bits per heavy atom. The number of anilines is 1. The Labute approximate surface area is 75.5 Å². The maximum absolute atomic E-state index is 10.6. The first kappa shape index (κ1) is 9.13. The Balaban J connectivity index is 2.89. The van der Waals surface area contributed by atoms with Crippen molar-refractivity contribution in [2.24, 2.45) is 7.05 Å². The van der Waals surface area contributed by atoms with Gasteiger partial charge in [0.25, 0.3) is 0 Å². The summed E-state index contributed by atoms with van der Waals surface area (Å²) < 4.78 is 5.81. The molecular formula is C8H9N3O2. The number of carbonyl (C=O) groups excluding carboxylic acids is 1. The number of aromatic nitrogens is 2. The van der Waals surface area contributed by atoms with E-state index in [1.807, 2.05) is 0 Å². The Bertz CT molecular complexity index is 384. The minimum absolute atomic E-state index is 0.427. The van der Waals surface area contributed by atoms with Gasteiger partial charge >= 0.3 is 5.97 Å². The third-order valence-corrected chi connectivity index (χ3v) is 1.47. The lowest BCUT2D eigenvalue weighted by molar-refractivity contribution is -0.133. The topological polar surface area (TPSA) is 70.1 Å². The molecule has 0 aromatic carbocycles. The average Bonchev–Trinajstić information content (AvgIpc) is 2.44. The van der Waals surface area contributed by atoms with Crippen LogP contribution < -0.4 is 5.73 Å². The van der Waals surface area contributed by atoms with Crippen LogP contribution in [0.5, 0.6) is 0 Å². The molecule has 1 aromatic heterocycles. The predicted molar refractivity (Wildman–Crippen MR) is 46.5 cm³/mol. The zero-order valence-corrected chi connectivity index (χ0v) is 7.37. The van der Waals surface area contributed by atoms with Crippen LogP contribution >= 0.6 is 0 Å². The van der Waals surface area contributed by atoms with Crippen LogP contribution in [-0.2, 0) is 16.6 Å². The molecular weight excluding hydrogens is 170 g/mol. The second-order valence-electron chi connectivity index (χ2n) is 2.31. The zero-order chi connectivity index (χ0) is 9.84. The molecule has 5 nitrogen and oxygen atoms in total. The summed E-state index contributed by atoms with van der Waals surface area (Å²) >= 11 is 0. The van der Waals surface area contributed by atoms with E-state index in [0.29, 0.717) is 11.4 Å². The minimum Gasteiger partial charge on any atom is -0.459 e. The fraction of sp³-hybridized carbons (Fsp3) is 0.250. The summed E-state index contributed by atoms with van der Waals surface area (Å²) in [5.41, 5.74) is 6.10. The van der Waals surface area contributed by atoms with Crippen molar-refractivity contribution in [3.05, 3.63) is 11.8 Å². The van der Waals surface area contributed by atoms with Crippen molar-refractivity contribution >= 4 is 11.8 Å². The highest BCUT2D eigenvalue weighted by Gasteiger charge is 2.00. The van der Waals surface area contributed by atoms with Crippen molar-refractivity contribution in [1.29, 1.82) is 0 Å². The number of methoxy groups -OCH3 is 1. The normalized spacial score (nSPS) is 8.77. The second kappa shape index (κ2) is 3.63. The zero-order valence-electron chi connectivity index (χ0n) is 7.37.